The molecule has 0 aromatic carbocycles. The van der Waals surface area contributed by atoms with Crippen molar-refractivity contribution in [2.75, 3.05) is 26.7 Å². The molecule has 1 aliphatic heterocycles. The summed E-state index contributed by atoms with van der Waals surface area (Å²) in [6, 6.07) is 0. The van der Waals surface area contributed by atoms with Crippen molar-refractivity contribution in [3.05, 3.63) is 0 Å². The number of hydrogen-bond donors (Lipinski definition) is 1. The number of carbonyl (C=O) groups is 1. The number of nitrogens with zero attached hydrogens (tertiary/aromatic N) is 1. The molecule has 0 unspecified atom stereocenters. The summed E-state index contributed by atoms with van der Waals surface area (Å²) in [6.07, 6.45) is 2.94. The number of carbonyl (C=O) groups excluding carboxylic acids is 1. The molecule has 0 aromatic heterocycles. The molecule has 1 rings (SSSR count). The maximum Gasteiger partial charge on any atom is 0.306 e. The van der Waals surface area contributed by atoms with Crippen LogP contribution < -0.4 is 4.72 Å². The molecule has 1 heterocycles. The van der Waals surface area contributed by atoms with Crippen LogP contribution in [-0.2, 0) is 19.7 Å². The molecule has 6 nitrogen and oxygen atoms in total. The van der Waals surface area contributed by atoms with Gasteiger partial charge in [-0.25, -0.2) is 4.72 Å². The van der Waals surface area contributed by atoms with Gasteiger partial charge < -0.3 is 4.74 Å². The van der Waals surface area contributed by atoms with Crippen molar-refractivity contribution in [2.45, 2.75) is 25.7 Å². The SMILES string of the molecule is COC(=O)CCNS(=O)(=O)N1CCCCC1. The lowest BCUT2D eigenvalue weighted by atomic mass is 10.2. The van der Waals surface area contributed by atoms with Crippen LogP contribution in [0.1, 0.15) is 25.7 Å². The molecule has 16 heavy (non-hydrogen) atoms. The number of ether oxygens (including phenoxy) is 1. The van der Waals surface area contributed by atoms with Gasteiger partial charge in [0.25, 0.3) is 10.2 Å². The van der Waals surface area contributed by atoms with E-state index in [1.807, 2.05) is 0 Å². The summed E-state index contributed by atoms with van der Waals surface area (Å²) in [5.74, 6) is -0.415. The standard InChI is InChI=1S/C9H18N2O4S/c1-15-9(12)5-6-10-16(13,14)11-7-3-2-4-8-11/h10H,2-8H2,1H3. The van der Waals surface area contributed by atoms with Crippen LogP contribution in [0.2, 0.25) is 0 Å². The number of rotatable bonds is 5. The molecule has 1 fully saturated rings. The van der Waals surface area contributed by atoms with E-state index >= 15 is 0 Å². The minimum absolute atomic E-state index is 0.0591. The Hall–Kier alpha value is -0.660. The van der Waals surface area contributed by atoms with E-state index in [0.29, 0.717) is 13.1 Å². The summed E-state index contributed by atoms with van der Waals surface area (Å²) in [5, 5.41) is 0. The zero-order valence-corrected chi connectivity index (χ0v) is 10.3. The third-order valence-corrected chi connectivity index (χ3v) is 4.11. The summed E-state index contributed by atoms with van der Waals surface area (Å²) in [4.78, 5) is 10.8. The Bertz CT molecular complexity index is 322. The van der Waals surface area contributed by atoms with Crippen molar-refractivity contribution in [1.29, 1.82) is 0 Å². The van der Waals surface area contributed by atoms with Gasteiger partial charge in [-0.15, -0.1) is 0 Å². The number of esters is 1. The van der Waals surface area contributed by atoms with Gasteiger partial charge in [0.2, 0.25) is 0 Å². The van der Waals surface area contributed by atoms with E-state index in [1.54, 1.807) is 0 Å². The molecule has 0 radical (unpaired) electrons. The zero-order valence-electron chi connectivity index (χ0n) is 9.44. The first kappa shape index (κ1) is 13.4. The average molecular weight is 250 g/mol. The van der Waals surface area contributed by atoms with Crippen molar-refractivity contribution >= 4 is 16.2 Å². The van der Waals surface area contributed by atoms with Crippen LogP contribution in [0.3, 0.4) is 0 Å². The maximum absolute atomic E-state index is 11.7. The minimum Gasteiger partial charge on any atom is -0.469 e. The fourth-order valence-electron chi connectivity index (χ4n) is 1.58. The number of methoxy groups -OCH3 is 1. The Labute approximate surface area is 96.1 Å². The molecule has 0 bridgehead atoms. The van der Waals surface area contributed by atoms with Crippen LogP contribution in [0.15, 0.2) is 0 Å². The fraction of sp³-hybridized carbons (Fsp3) is 0.889. The van der Waals surface area contributed by atoms with Crippen LogP contribution in [0.4, 0.5) is 0 Å². The Morgan fingerprint density at radius 1 is 1.31 bits per heavy atom. The highest BCUT2D eigenvalue weighted by molar-refractivity contribution is 7.87. The monoisotopic (exact) mass is 250 g/mol. The van der Waals surface area contributed by atoms with Crippen molar-refractivity contribution in [1.82, 2.24) is 9.03 Å². The normalized spacial score (nSPS) is 18.3. The second kappa shape index (κ2) is 6.17. The highest BCUT2D eigenvalue weighted by Crippen LogP contribution is 2.11. The van der Waals surface area contributed by atoms with E-state index in [4.69, 9.17) is 0 Å². The lowest BCUT2D eigenvalue weighted by Gasteiger charge is -2.25. The first-order valence-electron chi connectivity index (χ1n) is 5.38. The van der Waals surface area contributed by atoms with E-state index in [0.717, 1.165) is 19.3 Å². The highest BCUT2D eigenvalue weighted by atomic mass is 32.2. The Morgan fingerprint density at radius 2 is 1.94 bits per heavy atom. The summed E-state index contributed by atoms with van der Waals surface area (Å²) >= 11 is 0. The van der Waals surface area contributed by atoms with E-state index < -0.39 is 16.2 Å². The fourth-order valence-corrected chi connectivity index (χ4v) is 2.86. The molecule has 0 amide bonds. The molecule has 0 spiro atoms. The zero-order chi connectivity index (χ0) is 12.0. The van der Waals surface area contributed by atoms with Crippen molar-refractivity contribution in [3.63, 3.8) is 0 Å². The van der Waals surface area contributed by atoms with Crippen molar-refractivity contribution < 1.29 is 17.9 Å². The molecular formula is C9H18N2O4S. The average Bonchev–Trinajstić information content (AvgIpc) is 2.30. The van der Waals surface area contributed by atoms with E-state index in [-0.39, 0.29) is 13.0 Å². The highest BCUT2D eigenvalue weighted by Gasteiger charge is 2.23. The molecule has 1 N–H and O–H groups in total. The summed E-state index contributed by atoms with van der Waals surface area (Å²) < 4.78 is 31.7. The Morgan fingerprint density at radius 3 is 2.50 bits per heavy atom. The first-order valence-corrected chi connectivity index (χ1v) is 6.82. The van der Waals surface area contributed by atoms with E-state index in [1.165, 1.54) is 11.4 Å². The smallest absolute Gasteiger partial charge is 0.306 e. The van der Waals surface area contributed by atoms with Gasteiger partial charge in [0.05, 0.1) is 13.5 Å². The number of hydrogen-bond acceptors (Lipinski definition) is 4. The molecule has 0 aromatic rings. The van der Waals surface area contributed by atoms with Gasteiger partial charge in [0, 0.05) is 19.6 Å². The van der Waals surface area contributed by atoms with Gasteiger partial charge in [-0.2, -0.15) is 12.7 Å². The van der Waals surface area contributed by atoms with E-state index in [9.17, 15) is 13.2 Å². The summed E-state index contributed by atoms with van der Waals surface area (Å²) in [6.45, 7) is 1.21. The van der Waals surface area contributed by atoms with Gasteiger partial charge in [0.15, 0.2) is 0 Å². The van der Waals surface area contributed by atoms with Crippen LogP contribution in [0.5, 0.6) is 0 Å². The predicted octanol–water partition coefficient (Wildman–Crippen LogP) is -0.130. The van der Waals surface area contributed by atoms with Crippen LogP contribution in [0, 0.1) is 0 Å². The molecule has 7 heteroatoms. The third-order valence-electron chi connectivity index (χ3n) is 2.50. The van der Waals surface area contributed by atoms with Gasteiger partial charge in [-0.05, 0) is 12.8 Å². The Kier molecular flexibility index (Phi) is 5.17. The van der Waals surface area contributed by atoms with Crippen molar-refractivity contribution in [3.8, 4) is 0 Å². The molecule has 1 saturated heterocycles. The van der Waals surface area contributed by atoms with Gasteiger partial charge in [0.1, 0.15) is 0 Å². The summed E-state index contributed by atoms with van der Waals surface area (Å²) in [7, 11) is -2.13. The molecule has 1 aliphatic rings. The first-order chi connectivity index (χ1) is 7.56. The molecule has 94 valence electrons. The molecular weight excluding hydrogens is 232 g/mol. The minimum atomic E-state index is -3.41. The summed E-state index contributed by atoms with van der Waals surface area (Å²) in [5.41, 5.74) is 0. The van der Waals surface area contributed by atoms with Crippen LogP contribution >= 0.6 is 0 Å². The van der Waals surface area contributed by atoms with Gasteiger partial charge in [-0.3, -0.25) is 4.79 Å². The molecule has 0 saturated carbocycles. The third kappa shape index (κ3) is 4.07. The molecule has 0 atom stereocenters. The van der Waals surface area contributed by atoms with E-state index in [2.05, 4.69) is 9.46 Å². The maximum atomic E-state index is 11.7. The largest absolute Gasteiger partial charge is 0.469 e. The molecule has 0 aliphatic carbocycles. The Balaban J connectivity index is 2.36. The second-order valence-corrected chi connectivity index (χ2v) is 5.44. The van der Waals surface area contributed by atoms with Crippen LogP contribution in [-0.4, -0.2) is 45.4 Å². The number of piperidine rings is 1. The van der Waals surface area contributed by atoms with Gasteiger partial charge >= 0.3 is 5.97 Å². The number of nitrogens with one attached hydrogen (secondary N) is 1. The van der Waals surface area contributed by atoms with Crippen LogP contribution in [0.25, 0.3) is 0 Å². The lowest BCUT2D eigenvalue weighted by molar-refractivity contribution is -0.140. The van der Waals surface area contributed by atoms with Crippen molar-refractivity contribution in [2.24, 2.45) is 0 Å². The topological polar surface area (TPSA) is 75.7 Å². The quantitative estimate of drug-likeness (QED) is 0.690. The predicted molar refractivity (Wildman–Crippen MR) is 59.0 cm³/mol. The second-order valence-electron chi connectivity index (χ2n) is 3.69. The van der Waals surface area contributed by atoms with Gasteiger partial charge in [-0.1, -0.05) is 6.42 Å². The lowest BCUT2D eigenvalue weighted by Crippen LogP contribution is -2.43.